The number of anilines is 1. The number of hydrogen-bond donors (Lipinski definition) is 0. The molecule has 0 unspecified atom stereocenters. The van der Waals surface area contributed by atoms with Gasteiger partial charge in [0.25, 0.3) is 0 Å². The zero-order valence-electron chi connectivity index (χ0n) is 15.8. The number of rotatable bonds is 2. The van der Waals surface area contributed by atoms with Gasteiger partial charge >= 0.3 is 0 Å². The second-order valence-electron chi connectivity index (χ2n) is 7.61. The largest absolute Gasteiger partial charge is 0.341 e. The van der Waals surface area contributed by atoms with Gasteiger partial charge in [-0.2, -0.15) is 5.10 Å². The predicted octanol–water partition coefficient (Wildman–Crippen LogP) is 3.75. The van der Waals surface area contributed by atoms with Gasteiger partial charge in [0, 0.05) is 37.9 Å². The van der Waals surface area contributed by atoms with Gasteiger partial charge in [0.15, 0.2) is 0 Å². The van der Waals surface area contributed by atoms with E-state index in [-0.39, 0.29) is 5.41 Å². The molecule has 1 saturated heterocycles. The predicted molar refractivity (Wildman–Crippen MR) is 108 cm³/mol. The average molecular weight is 357 g/mol. The molecule has 3 heterocycles. The molecule has 0 saturated carbocycles. The van der Waals surface area contributed by atoms with Crippen LogP contribution in [0, 0.1) is 6.92 Å². The summed E-state index contributed by atoms with van der Waals surface area (Å²) in [6.45, 7) is 3.98. The van der Waals surface area contributed by atoms with Crippen molar-refractivity contribution < 1.29 is 0 Å². The zero-order valence-corrected chi connectivity index (χ0v) is 15.8. The molecule has 5 nitrogen and oxygen atoms in total. The van der Waals surface area contributed by atoms with Gasteiger partial charge in [0.2, 0.25) is 5.95 Å². The minimum absolute atomic E-state index is 0.183. The standard InChI is InChI=1S/C22H23N5/c1-16-15-23-21(25-20(16)19-8-12-24-26(19)2)27-13-10-22(11-14-27)9-7-17-5-3-4-6-18(17)22/h3-9,12,15H,10-11,13-14H2,1-2H3. The van der Waals surface area contributed by atoms with Crippen molar-refractivity contribution in [2.45, 2.75) is 25.2 Å². The average Bonchev–Trinajstić information content (AvgIpc) is 3.28. The number of piperidine rings is 1. The highest BCUT2D eigenvalue weighted by molar-refractivity contribution is 5.66. The second kappa shape index (κ2) is 6.05. The van der Waals surface area contributed by atoms with Crippen molar-refractivity contribution in [3.8, 4) is 11.4 Å². The molecule has 2 aromatic heterocycles. The van der Waals surface area contributed by atoms with E-state index in [0.717, 1.165) is 48.8 Å². The Morgan fingerprint density at radius 1 is 1.07 bits per heavy atom. The summed E-state index contributed by atoms with van der Waals surface area (Å²) in [6.07, 6.45) is 10.6. The normalized spacial score (nSPS) is 17.5. The quantitative estimate of drug-likeness (QED) is 0.701. The van der Waals surface area contributed by atoms with Crippen LogP contribution in [-0.4, -0.2) is 32.8 Å². The van der Waals surface area contributed by atoms with Crippen LogP contribution in [0.4, 0.5) is 5.95 Å². The number of nitrogens with zero attached hydrogens (tertiary/aromatic N) is 5. The highest BCUT2D eigenvalue weighted by atomic mass is 15.3. The van der Waals surface area contributed by atoms with E-state index in [2.05, 4.69) is 58.3 Å². The van der Waals surface area contributed by atoms with E-state index in [1.165, 1.54) is 11.1 Å². The Bertz CT molecular complexity index is 1020. The number of aryl methyl sites for hydroxylation is 2. The number of hydrogen-bond acceptors (Lipinski definition) is 4. The summed E-state index contributed by atoms with van der Waals surface area (Å²) in [7, 11) is 1.95. The zero-order chi connectivity index (χ0) is 18.4. The van der Waals surface area contributed by atoms with Crippen LogP contribution >= 0.6 is 0 Å². The molecule has 5 rings (SSSR count). The minimum atomic E-state index is 0.183. The van der Waals surface area contributed by atoms with Crippen LogP contribution in [0.5, 0.6) is 0 Å². The van der Waals surface area contributed by atoms with E-state index >= 15 is 0 Å². The first kappa shape index (κ1) is 16.2. The lowest BCUT2D eigenvalue weighted by Crippen LogP contribution is -2.41. The smallest absolute Gasteiger partial charge is 0.225 e. The van der Waals surface area contributed by atoms with Crippen molar-refractivity contribution in [2.75, 3.05) is 18.0 Å². The monoisotopic (exact) mass is 357 g/mol. The van der Waals surface area contributed by atoms with E-state index in [0.29, 0.717) is 0 Å². The maximum atomic E-state index is 4.89. The molecule has 1 spiro atoms. The molecular weight excluding hydrogens is 334 g/mol. The molecular formula is C22H23N5. The van der Waals surface area contributed by atoms with Crippen LogP contribution in [0.25, 0.3) is 17.5 Å². The molecule has 1 aliphatic carbocycles. The molecule has 1 aliphatic heterocycles. The molecule has 0 bridgehead atoms. The summed E-state index contributed by atoms with van der Waals surface area (Å²) in [5.74, 6) is 0.821. The van der Waals surface area contributed by atoms with E-state index < -0.39 is 0 Å². The summed E-state index contributed by atoms with van der Waals surface area (Å²) in [5.41, 5.74) is 6.09. The van der Waals surface area contributed by atoms with Crippen LogP contribution in [0.2, 0.25) is 0 Å². The van der Waals surface area contributed by atoms with Crippen molar-refractivity contribution >= 4 is 12.0 Å². The molecule has 3 aromatic rings. The van der Waals surface area contributed by atoms with Crippen LogP contribution in [0.3, 0.4) is 0 Å². The first-order valence-electron chi connectivity index (χ1n) is 9.52. The topological polar surface area (TPSA) is 46.8 Å². The molecule has 1 aromatic carbocycles. The van der Waals surface area contributed by atoms with Gasteiger partial charge in [0.05, 0.1) is 11.4 Å². The summed E-state index contributed by atoms with van der Waals surface area (Å²) < 4.78 is 1.87. The lowest BCUT2D eigenvalue weighted by atomic mass is 9.74. The van der Waals surface area contributed by atoms with Gasteiger partial charge in [-0.15, -0.1) is 0 Å². The van der Waals surface area contributed by atoms with E-state index in [4.69, 9.17) is 4.98 Å². The van der Waals surface area contributed by atoms with Gasteiger partial charge in [0.1, 0.15) is 0 Å². The fourth-order valence-corrected chi connectivity index (χ4v) is 4.43. The second-order valence-corrected chi connectivity index (χ2v) is 7.61. The summed E-state index contributed by atoms with van der Waals surface area (Å²) in [5, 5.41) is 4.28. The molecule has 0 amide bonds. The molecule has 5 heteroatoms. The van der Waals surface area contributed by atoms with Crippen molar-refractivity contribution in [1.82, 2.24) is 19.7 Å². The summed E-state index contributed by atoms with van der Waals surface area (Å²) >= 11 is 0. The molecule has 27 heavy (non-hydrogen) atoms. The first-order valence-corrected chi connectivity index (χ1v) is 9.52. The Morgan fingerprint density at radius 3 is 2.67 bits per heavy atom. The third kappa shape index (κ3) is 2.57. The van der Waals surface area contributed by atoms with Crippen LogP contribution in [-0.2, 0) is 12.5 Å². The fraction of sp³-hybridized carbons (Fsp3) is 0.318. The van der Waals surface area contributed by atoms with Crippen molar-refractivity contribution in [1.29, 1.82) is 0 Å². The summed E-state index contributed by atoms with van der Waals surface area (Å²) in [4.78, 5) is 11.8. The highest BCUT2D eigenvalue weighted by Gasteiger charge is 2.38. The molecule has 0 atom stereocenters. The first-order chi connectivity index (χ1) is 13.2. The maximum absolute atomic E-state index is 4.89. The van der Waals surface area contributed by atoms with Crippen LogP contribution < -0.4 is 4.90 Å². The van der Waals surface area contributed by atoms with Gasteiger partial charge < -0.3 is 4.90 Å². The lowest BCUT2D eigenvalue weighted by molar-refractivity contribution is 0.408. The van der Waals surface area contributed by atoms with Gasteiger partial charge in [-0.1, -0.05) is 36.4 Å². The van der Waals surface area contributed by atoms with Gasteiger partial charge in [-0.3, -0.25) is 4.68 Å². The van der Waals surface area contributed by atoms with Crippen molar-refractivity contribution in [2.24, 2.45) is 7.05 Å². The van der Waals surface area contributed by atoms with E-state index in [9.17, 15) is 0 Å². The number of allylic oxidation sites excluding steroid dienone is 1. The number of aromatic nitrogens is 4. The molecule has 0 radical (unpaired) electrons. The molecule has 136 valence electrons. The summed E-state index contributed by atoms with van der Waals surface area (Å²) in [6, 6.07) is 10.8. The van der Waals surface area contributed by atoms with E-state index in [1.807, 2.05) is 30.2 Å². The fourth-order valence-electron chi connectivity index (χ4n) is 4.43. The number of fused-ring (bicyclic) bond motifs is 2. The van der Waals surface area contributed by atoms with Gasteiger partial charge in [-0.25, -0.2) is 9.97 Å². The third-order valence-corrected chi connectivity index (χ3v) is 6.04. The highest BCUT2D eigenvalue weighted by Crippen LogP contribution is 2.44. The Hall–Kier alpha value is -2.95. The van der Waals surface area contributed by atoms with Crippen molar-refractivity contribution in [3.05, 3.63) is 65.5 Å². The lowest BCUT2D eigenvalue weighted by Gasteiger charge is -2.39. The maximum Gasteiger partial charge on any atom is 0.225 e. The minimum Gasteiger partial charge on any atom is -0.341 e. The number of benzene rings is 1. The van der Waals surface area contributed by atoms with Crippen LogP contribution in [0.1, 0.15) is 29.5 Å². The molecule has 1 fully saturated rings. The van der Waals surface area contributed by atoms with E-state index in [1.54, 1.807) is 0 Å². The van der Waals surface area contributed by atoms with Crippen LogP contribution in [0.15, 0.2) is 48.8 Å². The van der Waals surface area contributed by atoms with Crippen molar-refractivity contribution in [3.63, 3.8) is 0 Å². The Kier molecular flexibility index (Phi) is 3.64. The SMILES string of the molecule is Cc1cnc(N2CCC3(C=Cc4ccccc43)CC2)nc1-c1ccnn1C. The Labute approximate surface area is 159 Å². The third-order valence-electron chi connectivity index (χ3n) is 6.04. The Balaban J connectivity index is 1.41. The molecule has 2 aliphatic rings. The molecule has 0 N–H and O–H groups in total. The Morgan fingerprint density at radius 2 is 1.89 bits per heavy atom. The van der Waals surface area contributed by atoms with Gasteiger partial charge in [-0.05, 0) is 42.5 Å².